The van der Waals surface area contributed by atoms with Crippen LogP contribution in [0, 0.1) is 12.8 Å². The van der Waals surface area contributed by atoms with Crippen LogP contribution in [0.15, 0.2) is 42.6 Å². The van der Waals surface area contributed by atoms with Gasteiger partial charge in [-0.05, 0) is 49.4 Å². The molecule has 28 heavy (non-hydrogen) atoms. The van der Waals surface area contributed by atoms with Crippen LogP contribution in [0.5, 0.6) is 0 Å². The van der Waals surface area contributed by atoms with Crippen LogP contribution in [0.2, 0.25) is 0 Å². The first kappa shape index (κ1) is 19.1. The molecule has 148 valence electrons. The van der Waals surface area contributed by atoms with E-state index in [9.17, 15) is 4.79 Å². The Morgan fingerprint density at radius 3 is 2.68 bits per heavy atom. The van der Waals surface area contributed by atoms with Gasteiger partial charge in [-0.1, -0.05) is 18.2 Å². The fraction of sp³-hybridized carbons (Fsp3) is 0.478. The van der Waals surface area contributed by atoms with Crippen LogP contribution in [-0.2, 0) is 4.74 Å². The first-order valence-corrected chi connectivity index (χ1v) is 10.3. The van der Waals surface area contributed by atoms with Crippen molar-refractivity contribution < 1.29 is 9.53 Å². The molecule has 2 fully saturated rings. The van der Waals surface area contributed by atoms with E-state index in [0.29, 0.717) is 5.92 Å². The molecule has 5 heteroatoms. The fourth-order valence-corrected chi connectivity index (χ4v) is 4.29. The number of morpholine rings is 1. The Hall–Kier alpha value is -2.24. The van der Waals surface area contributed by atoms with Crippen molar-refractivity contribution in [1.82, 2.24) is 14.8 Å². The number of amides is 1. The summed E-state index contributed by atoms with van der Waals surface area (Å²) < 4.78 is 5.44. The average Bonchev–Trinajstić information content (AvgIpc) is 2.75. The van der Waals surface area contributed by atoms with Gasteiger partial charge in [0, 0.05) is 50.0 Å². The molecule has 0 saturated carbocycles. The van der Waals surface area contributed by atoms with Crippen molar-refractivity contribution in [3.63, 3.8) is 0 Å². The summed E-state index contributed by atoms with van der Waals surface area (Å²) in [5.41, 5.74) is 3.94. The first-order valence-electron chi connectivity index (χ1n) is 10.3. The molecule has 2 aromatic rings. The van der Waals surface area contributed by atoms with Crippen molar-refractivity contribution in [2.24, 2.45) is 5.92 Å². The highest BCUT2D eigenvalue weighted by molar-refractivity contribution is 5.94. The van der Waals surface area contributed by atoms with Gasteiger partial charge >= 0.3 is 0 Å². The second-order valence-corrected chi connectivity index (χ2v) is 7.92. The Morgan fingerprint density at radius 2 is 1.93 bits per heavy atom. The minimum Gasteiger partial charge on any atom is -0.379 e. The monoisotopic (exact) mass is 379 g/mol. The lowest BCUT2D eigenvalue weighted by Gasteiger charge is -2.36. The predicted molar refractivity (Wildman–Crippen MR) is 110 cm³/mol. The third-order valence-electron chi connectivity index (χ3n) is 5.84. The van der Waals surface area contributed by atoms with Gasteiger partial charge in [0.05, 0.1) is 18.9 Å². The van der Waals surface area contributed by atoms with Gasteiger partial charge in [-0.25, -0.2) is 0 Å². The van der Waals surface area contributed by atoms with E-state index in [1.165, 1.54) is 6.42 Å². The largest absolute Gasteiger partial charge is 0.379 e. The molecule has 0 bridgehead atoms. The molecular weight excluding hydrogens is 350 g/mol. The molecule has 2 aliphatic heterocycles. The van der Waals surface area contributed by atoms with E-state index in [0.717, 1.165) is 74.7 Å². The molecule has 0 radical (unpaired) electrons. The minimum absolute atomic E-state index is 0.149. The van der Waals surface area contributed by atoms with Crippen molar-refractivity contribution in [1.29, 1.82) is 0 Å². The van der Waals surface area contributed by atoms with Crippen molar-refractivity contribution in [3.05, 3.63) is 53.7 Å². The SMILES string of the molecule is Cc1cccnc1-c1ccc(C(=O)N2CCCC(CN3CCOCC3)C2)cc1. The second-order valence-electron chi connectivity index (χ2n) is 7.92. The van der Waals surface area contributed by atoms with Gasteiger partial charge in [-0.2, -0.15) is 0 Å². The number of carbonyl (C=O) groups is 1. The van der Waals surface area contributed by atoms with Gasteiger partial charge in [0.15, 0.2) is 0 Å². The van der Waals surface area contributed by atoms with Gasteiger partial charge in [0.2, 0.25) is 0 Å². The van der Waals surface area contributed by atoms with Gasteiger partial charge in [-0.15, -0.1) is 0 Å². The molecule has 0 N–H and O–H groups in total. The zero-order valence-electron chi connectivity index (χ0n) is 16.6. The second kappa shape index (κ2) is 8.84. The van der Waals surface area contributed by atoms with Crippen LogP contribution in [0.1, 0.15) is 28.8 Å². The summed E-state index contributed by atoms with van der Waals surface area (Å²) in [5, 5.41) is 0. The lowest BCUT2D eigenvalue weighted by molar-refractivity contribution is 0.0224. The third-order valence-corrected chi connectivity index (χ3v) is 5.84. The highest BCUT2D eigenvalue weighted by Crippen LogP contribution is 2.23. The summed E-state index contributed by atoms with van der Waals surface area (Å²) in [6.45, 7) is 8.54. The van der Waals surface area contributed by atoms with Crippen LogP contribution >= 0.6 is 0 Å². The number of pyridine rings is 1. The number of aryl methyl sites for hydroxylation is 1. The van der Waals surface area contributed by atoms with Crippen molar-refractivity contribution in [2.45, 2.75) is 19.8 Å². The molecule has 1 aromatic heterocycles. The van der Waals surface area contributed by atoms with E-state index in [1.807, 2.05) is 41.4 Å². The number of likely N-dealkylation sites (tertiary alicyclic amines) is 1. The molecule has 2 saturated heterocycles. The number of aromatic nitrogens is 1. The van der Waals surface area contributed by atoms with Crippen LogP contribution < -0.4 is 0 Å². The lowest BCUT2D eigenvalue weighted by Crippen LogP contribution is -2.46. The number of nitrogens with zero attached hydrogens (tertiary/aromatic N) is 3. The standard InChI is InChI=1S/C23H29N3O2/c1-18-4-2-10-24-22(18)20-6-8-21(9-7-20)23(27)26-11-3-5-19(17-26)16-25-12-14-28-15-13-25/h2,4,6-10,19H,3,5,11-17H2,1H3. The number of carbonyl (C=O) groups excluding carboxylic acids is 1. The number of benzene rings is 1. The quantitative estimate of drug-likeness (QED) is 0.818. The maximum Gasteiger partial charge on any atom is 0.253 e. The highest BCUT2D eigenvalue weighted by Gasteiger charge is 2.26. The number of ether oxygens (including phenoxy) is 1. The Balaban J connectivity index is 1.40. The Morgan fingerprint density at radius 1 is 1.14 bits per heavy atom. The van der Waals surface area contributed by atoms with E-state index in [1.54, 1.807) is 0 Å². The number of piperidine rings is 1. The number of rotatable bonds is 4. The maximum absolute atomic E-state index is 13.0. The molecular formula is C23H29N3O2. The fourth-order valence-electron chi connectivity index (χ4n) is 4.29. The topological polar surface area (TPSA) is 45.7 Å². The number of hydrogen-bond acceptors (Lipinski definition) is 4. The Bertz CT molecular complexity index is 800. The first-order chi connectivity index (χ1) is 13.7. The van der Waals surface area contributed by atoms with Crippen molar-refractivity contribution in [3.8, 4) is 11.3 Å². The average molecular weight is 380 g/mol. The Labute approximate surface area is 167 Å². The van der Waals surface area contributed by atoms with Crippen LogP contribution in [0.4, 0.5) is 0 Å². The van der Waals surface area contributed by atoms with Gasteiger partial charge < -0.3 is 9.64 Å². The summed E-state index contributed by atoms with van der Waals surface area (Å²) in [4.78, 5) is 22.0. The van der Waals surface area contributed by atoms with Gasteiger partial charge in [0.1, 0.15) is 0 Å². The highest BCUT2D eigenvalue weighted by atomic mass is 16.5. The molecule has 1 unspecified atom stereocenters. The molecule has 3 heterocycles. The summed E-state index contributed by atoms with van der Waals surface area (Å²) in [5.74, 6) is 0.710. The van der Waals surface area contributed by atoms with Crippen molar-refractivity contribution >= 4 is 5.91 Å². The predicted octanol–water partition coefficient (Wildman–Crippen LogP) is 3.24. The van der Waals surface area contributed by atoms with E-state index >= 15 is 0 Å². The van der Waals surface area contributed by atoms with E-state index in [-0.39, 0.29) is 5.91 Å². The molecule has 4 rings (SSSR count). The molecule has 1 aromatic carbocycles. The minimum atomic E-state index is 0.149. The summed E-state index contributed by atoms with van der Waals surface area (Å²) in [6.07, 6.45) is 4.11. The molecule has 0 aliphatic carbocycles. The lowest BCUT2D eigenvalue weighted by atomic mass is 9.96. The van der Waals surface area contributed by atoms with Crippen molar-refractivity contribution in [2.75, 3.05) is 45.9 Å². The molecule has 0 spiro atoms. The maximum atomic E-state index is 13.0. The van der Waals surface area contributed by atoms with Gasteiger partial charge in [-0.3, -0.25) is 14.7 Å². The zero-order valence-corrected chi connectivity index (χ0v) is 16.6. The molecule has 2 aliphatic rings. The third kappa shape index (κ3) is 4.42. The molecule has 5 nitrogen and oxygen atoms in total. The normalized spacial score (nSPS) is 20.9. The van der Waals surface area contributed by atoms with Crippen LogP contribution in [-0.4, -0.2) is 66.6 Å². The summed E-state index contributed by atoms with van der Waals surface area (Å²) >= 11 is 0. The Kier molecular flexibility index (Phi) is 6.03. The molecule has 1 atom stereocenters. The van der Waals surface area contributed by atoms with Gasteiger partial charge in [0.25, 0.3) is 5.91 Å². The van der Waals surface area contributed by atoms with Crippen LogP contribution in [0.25, 0.3) is 11.3 Å². The summed E-state index contributed by atoms with van der Waals surface area (Å²) in [6, 6.07) is 11.9. The summed E-state index contributed by atoms with van der Waals surface area (Å²) in [7, 11) is 0. The zero-order chi connectivity index (χ0) is 19.3. The van der Waals surface area contributed by atoms with E-state index in [2.05, 4.69) is 22.9 Å². The van der Waals surface area contributed by atoms with E-state index in [4.69, 9.17) is 4.74 Å². The number of hydrogen-bond donors (Lipinski definition) is 0. The van der Waals surface area contributed by atoms with Crippen LogP contribution in [0.3, 0.4) is 0 Å². The van der Waals surface area contributed by atoms with E-state index < -0.39 is 0 Å². The smallest absolute Gasteiger partial charge is 0.253 e. The molecule has 1 amide bonds.